The fourth-order valence-corrected chi connectivity index (χ4v) is 7.34. The third kappa shape index (κ3) is 6.08. The Balaban J connectivity index is 1.49. The van der Waals surface area contributed by atoms with Crippen molar-refractivity contribution in [3.8, 4) is 11.3 Å². The minimum Gasteiger partial charge on any atom is -0.598 e. The molecule has 1 aromatic heterocycles. The number of halogens is 2. The summed E-state index contributed by atoms with van der Waals surface area (Å²) >= 11 is 11.5. The van der Waals surface area contributed by atoms with Gasteiger partial charge in [-0.25, -0.2) is 14.8 Å². The summed E-state index contributed by atoms with van der Waals surface area (Å²) in [5.74, 6) is -0.608. The van der Waals surface area contributed by atoms with Crippen LogP contribution in [0, 0.1) is 12.3 Å². The maximum atomic E-state index is 13.2. The molecule has 2 aromatic carbocycles. The number of amides is 1. The van der Waals surface area contributed by atoms with Gasteiger partial charge in [-0.15, -0.1) is 4.72 Å². The number of rotatable bonds is 8. The summed E-state index contributed by atoms with van der Waals surface area (Å²) in [7, 11) is 0. The van der Waals surface area contributed by atoms with Gasteiger partial charge in [0.1, 0.15) is 5.25 Å². The van der Waals surface area contributed by atoms with E-state index in [1.807, 2.05) is 32.9 Å². The number of fused-ring (bicyclic) bond motifs is 1. The lowest BCUT2D eigenvalue weighted by Crippen LogP contribution is -2.48. The van der Waals surface area contributed by atoms with Crippen LogP contribution in [-0.2, 0) is 22.5 Å². The van der Waals surface area contributed by atoms with Gasteiger partial charge in [0.05, 0.1) is 34.1 Å². The molecule has 0 bridgehead atoms. The SMILES string of the molecule is CCOC(=O)c1nc(-c2cccc(Cl)c2Cl)c(C)nc1N1CCC2(CC1)Cc1ccc(C(N)=O)cc1[C@H]2N[S+]([O-])C(C)C. The van der Waals surface area contributed by atoms with Crippen molar-refractivity contribution in [1.29, 1.82) is 0 Å². The Hall–Kier alpha value is -2.89. The quantitative estimate of drug-likeness (QED) is 0.240. The lowest BCUT2D eigenvalue weighted by atomic mass is 9.73. The number of aromatic nitrogens is 2. The highest BCUT2D eigenvalue weighted by Crippen LogP contribution is 2.53. The van der Waals surface area contributed by atoms with Crippen molar-refractivity contribution in [2.24, 2.45) is 11.1 Å². The van der Waals surface area contributed by atoms with E-state index in [0.717, 1.165) is 30.4 Å². The number of esters is 1. The van der Waals surface area contributed by atoms with Crippen LogP contribution in [0.5, 0.6) is 0 Å². The van der Waals surface area contributed by atoms with E-state index in [0.29, 0.717) is 51.5 Å². The van der Waals surface area contributed by atoms with Crippen LogP contribution in [-0.4, -0.2) is 51.3 Å². The summed E-state index contributed by atoms with van der Waals surface area (Å²) in [6, 6.07) is 10.6. The Bertz CT molecular complexity index is 1560. The predicted octanol–water partition coefficient (Wildman–Crippen LogP) is 5.58. The minimum absolute atomic E-state index is 0.0857. The van der Waals surface area contributed by atoms with Gasteiger partial charge < -0.3 is 19.9 Å². The molecule has 1 aliphatic carbocycles. The van der Waals surface area contributed by atoms with Gasteiger partial charge in [0, 0.05) is 41.0 Å². The molecule has 43 heavy (non-hydrogen) atoms. The minimum atomic E-state index is -1.28. The second kappa shape index (κ2) is 12.6. The zero-order valence-electron chi connectivity index (χ0n) is 24.6. The topological polar surface area (TPSA) is 134 Å². The fourth-order valence-electron chi connectivity index (χ4n) is 6.07. The second-order valence-corrected chi connectivity index (χ2v) is 13.9. The molecule has 0 saturated carbocycles. The van der Waals surface area contributed by atoms with Crippen molar-refractivity contribution in [3.05, 3.63) is 74.5 Å². The first kappa shape index (κ1) is 31.5. The number of hydrogen-bond acceptors (Lipinski definition) is 8. The molecule has 228 valence electrons. The van der Waals surface area contributed by atoms with Crippen LogP contribution in [0.15, 0.2) is 36.4 Å². The highest BCUT2D eigenvalue weighted by atomic mass is 35.5. The van der Waals surface area contributed by atoms with E-state index in [1.54, 1.807) is 31.2 Å². The zero-order chi connectivity index (χ0) is 31.1. The summed E-state index contributed by atoms with van der Waals surface area (Å²) in [6.07, 6.45) is 2.22. The number of nitrogens with zero attached hydrogens (tertiary/aromatic N) is 3. The monoisotopic (exact) mass is 643 g/mol. The highest BCUT2D eigenvalue weighted by molar-refractivity contribution is 7.90. The van der Waals surface area contributed by atoms with E-state index in [2.05, 4.69) is 9.62 Å². The Morgan fingerprint density at radius 2 is 1.93 bits per heavy atom. The second-order valence-electron chi connectivity index (χ2n) is 11.4. The molecule has 0 radical (unpaired) electrons. The number of piperidine rings is 1. The van der Waals surface area contributed by atoms with Gasteiger partial charge in [-0.3, -0.25) is 4.79 Å². The average molecular weight is 645 g/mol. The van der Waals surface area contributed by atoms with Gasteiger partial charge >= 0.3 is 5.97 Å². The maximum Gasteiger partial charge on any atom is 0.360 e. The number of benzene rings is 2. The lowest BCUT2D eigenvalue weighted by Gasteiger charge is -2.44. The Labute approximate surface area is 264 Å². The van der Waals surface area contributed by atoms with Crippen molar-refractivity contribution >= 4 is 52.3 Å². The Morgan fingerprint density at radius 1 is 1.21 bits per heavy atom. The molecule has 12 heteroatoms. The number of carbonyl (C=O) groups excluding carboxylic acids is 2. The highest BCUT2D eigenvalue weighted by Gasteiger charge is 2.50. The standard InChI is InChI=1S/C31H35Cl2N5O4S/c1-5-42-30(40)26-29(35-18(4)25(36-26)21-7-6-8-23(32)24(21)33)38-13-11-31(12-14-38)16-20-10-9-19(28(34)39)15-22(20)27(31)37-43(41)17(2)3/h6-10,15,17,27,37H,5,11-14,16H2,1-4H3,(H2,34,39)/t27-,43?/m1/s1. The van der Waals surface area contributed by atoms with Crippen LogP contribution in [0.25, 0.3) is 11.3 Å². The number of anilines is 1. The first-order chi connectivity index (χ1) is 20.5. The van der Waals surface area contributed by atoms with Crippen molar-refractivity contribution in [3.63, 3.8) is 0 Å². The van der Waals surface area contributed by atoms with Crippen LogP contribution >= 0.6 is 23.2 Å². The zero-order valence-corrected chi connectivity index (χ0v) is 26.9. The molecule has 1 amide bonds. The average Bonchev–Trinajstić information content (AvgIpc) is 3.26. The van der Waals surface area contributed by atoms with E-state index in [1.165, 1.54) is 0 Å². The van der Waals surface area contributed by atoms with Crippen molar-refractivity contribution in [2.45, 2.75) is 58.2 Å². The normalized spacial score (nSPS) is 18.1. The van der Waals surface area contributed by atoms with Gasteiger partial charge in [-0.1, -0.05) is 41.4 Å². The summed E-state index contributed by atoms with van der Waals surface area (Å²) in [5, 5.41) is 0.629. The first-order valence-corrected chi connectivity index (χ1v) is 16.3. The third-order valence-corrected chi connectivity index (χ3v) is 10.5. The van der Waals surface area contributed by atoms with Crippen LogP contribution in [0.2, 0.25) is 10.0 Å². The van der Waals surface area contributed by atoms with Crippen LogP contribution in [0.1, 0.15) is 77.3 Å². The Kier molecular flexibility index (Phi) is 9.25. The summed E-state index contributed by atoms with van der Waals surface area (Å²) < 4.78 is 21.8. The summed E-state index contributed by atoms with van der Waals surface area (Å²) in [6.45, 7) is 8.75. The van der Waals surface area contributed by atoms with Crippen molar-refractivity contribution in [1.82, 2.24) is 14.7 Å². The number of carbonyl (C=O) groups is 2. The Morgan fingerprint density at radius 3 is 2.58 bits per heavy atom. The maximum absolute atomic E-state index is 13.2. The molecule has 1 saturated heterocycles. The molecular formula is C31H35Cl2N5O4S. The molecule has 5 rings (SSSR count). The molecule has 1 fully saturated rings. The van der Waals surface area contributed by atoms with Gasteiger partial charge in [0.25, 0.3) is 0 Å². The number of nitrogens with two attached hydrogens (primary N) is 1. The van der Waals surface area contributed by atoms with Gasteiger partial charge in [-0.2, -0.15) is 0 Å². The first-order valence-electron chi connectivity index (χ1n) is 14.3. The number of nitrogens with one attached hydrogen (secondary N) is 1. The molecule has 1 unspecified atom stereocenters. The fraction of sp³-hybridized carbons (Fsp3) is 0.419. The largest absolute Gasteiger partial charge is 0.598 e. The van der Waals surface area contributed by atoms with Crippen LogP contribution in [0.4, 0.5) is 5.82 Å². The van der Waals surface area contributed by atoms with Gasteiger partial charge in [-0.05, 0) is 76.3 Å². The third-order valence-electron chi connectivity index (χ3n) is 8.34. The van der Waals surface area contributed by atoms with Crippen LogP contribution in [0.3, 0.4) is 0 Å². The molecule has 1 spiro atoms. The van der Waals surface area contributed by atoms with E-state index >= 15 is 0 Å². The number of hydrogen-bond donors (Lipinski definition) is 2. The van der Waals surface area contributed by atoms with Gasteiger partial charge in [0.2, 0.25) is 5.91 Å². The molecule has 2 aliphatic rings. The molecule has 2 atom stereocenters. The molecule has 2 heterocycles. The predicted molar refractivity (Wildman–Crippen MR) is 170 cm³/mol. The number of primary amides is 1. The molecule has 3 aromatic rings. The molecule has 3 N–H and O–H groups in total. The summed E-state index contributed by atoms with van der Waals surface area (Å²) in [4.78, 5) is 36.8. The van der Waals surface area contributed by atoms with E-state index in [9.17, 15) is 14.1 Å². The van der Waals surface area contributed by atoms with E-state index in [4.69, 9.17) is 43.6 Å². The van der Waals surface area contributed by atoms with Gasteiger partial charge in [0.15, 0.2) is 11.5 Å². The van der Waals surface area contributed by atoms with Crippen LogP contribution < -0.4 is 15.4 Å². The van der Waals surface area contributed by atoms with Crippen molar-refractivity contribution < 1.29 is 18.9 Å². The summed E-state index contributed by atoms with van der Waals surface area (Å²) in [5.41, 5.74) is 9.62. The lowest BCUT2D eigenvalue weighted by molar-refractivity contribution is 0.0519. The molecular weight excluding hydrogens is 609 g/mol. The van der Waals surface area contributed by atoms with E-state index in [-0.39, 0.29) is 29.0 Å². The molecule has 1 aliphatic heterocycles. The van der Waals surface area contributed by atoms with Crippen molar-refractivity contribution in [2.75, 3.05) is 24.6 Å². The number of ether oxygens (including phenoxy) is 1. The smallest absolute Gasteiger partial charge is 0.360 e. The molecule has 9 nitrogen and oxygen atoms in total. The number of aryl methyl sites for hydroxylation is 1. The van der Waals surface area contributed by atoms with E-state index < -0.39 is 23.2 Å².